The van der Waals surface area contributed by atoms with Crippen molar-refractivity contribution in [3.05, 3.63) is 16.8 Å². The van der Waals surface area contributed by atoms with Gasteiger partial charge in [0.15, 0.2) is 0 Å². The largest absolute Gasteiger partial charge is 0.394 e. The Bertz CT molecular complexity index is 573. The van der Waals surface area contributed by atoms with Gasteiger partial charge in [0, 0.05) is 25.1 Å². The highest BCUT2D eigenvalue weighted by atomic mass is 32.1. The van der Waals surface area contributed by atoms with Crippen LogP contribution in [0.3, 0.4) is 0 Å². The smallest absolute Gasteiger partial charge is 0.319 e. The molecule has 0 saturated carbocycles. The van der Waals surface area contributed by atoms with Gasteiger partial charge in [-0.3, -0.25) is 4.90 Å². The van der Waals surface area contributed by atoms with E-state index in [2.05, 4.69) is 15.5 Å². The van der Waals surface area contributed by atoms with Crippen LogP contribution in [0.25, 0.3) is 0 Å². The number of hydrogen-bond acceptors (Lipinski definition) is 7. The van der Waals surface area contributed by atoms with Gasteiger partial charge in [-0.15, -0.1) is 0 Å². The fraction of sp³-hybridized carbons (Fsp3) is 0.706. The van der Waals surface area contributed by atoms with Crippen LogP contribution in [0.15, 0.2) is 16.8 Å². The third-order valence-corrected chi connectivity index (χ3v) is 5.73. The van der Waals surface area contributed by atoms with E-state index in [1.807, 2.05) is 16.8 Å². The number of thiophene rings is 1. The average Bonchev–Trinajstić information content (AvgIpc) is 3.34. The third kappa shape index (κ3) is 4.36. The first-order valence-corrected chi connectivity index (χ1v) is 9.84. The van der Waals surface area contributed by atoms with Crippen molar-refractivity contribution >= 4 is 23.1 Å². The minimum absolute atomic E-state index is 0.211. The zero-order chi connectivity index (χ0) is 18.5. The molecule has 2 aliphatic rings. The Hall–Kier alpha value is -1.23. The minimum Gasteiger partial charge on any atom is -0.394 e. The first-order valence-electron chi connectivity index (χ1n) is 8.90. The molecule has 0 aliphatic carbocycles. The van der Waals surface area contributed by atoms with Crippen molar-refractivity contribution in [3.8, 4) is 0 Å². The molecule has 8 nitrogen and oxygen atoms in total. The molecule has 2 saturated heterocycles. The monoisotopic (exact) mass is 385 g/mol. The molecule has 1 aromatic heterocycles. The zero-order valence-electron chi connectivity index (χ0n) is 14.8. The molecule has 1 aromatic rings. The first-order chi connectivity index (χ1) is 12.6. The Morgan fingerprint density at radius 3 is 3.04 bits per heavy atom. The number of hydrogen-bond donors (Lipinski definition) is 4. The molecule has 4 N–H and O–H groups in total. The summed E-state index contributed by atoms with van der Waals surface area (Å²) in [6, 6.07) is 1.44. The van der Waals surface area contributed by atoms with Gasteiger partial charge in [0.25, 0.3) is 0 Å². The molecule has 3 rings (SSSR count). The SMILES string of the molecule is COC[C@H]1CCCN1[C@@H]1[C@H](O)[C@H](CO)O[C@@H]1CNC(=O)Nc1ccsc1. The van der Waals surface area contributed by atoms with E-state index < -0.39 is 18.3 Å². The summed E-state index contributed by atoms with van der Waals surface area (Å²) in [6.07, 6.45) is 0.187. The number of aliphatic hydroxyl groups is 2. The molecule has 26 heavy (non-hydrogen) atoms. The van der Waals surface area contributed by atoms with Gasteiger partial charge < -0.3 is 30.3 Å². The number of ether oxygens (including phenoxy) is 2. The van der Waals surface area contributed by atoms with Gasteiger partial charge in [-0.1, -0.05) is 0 Å². The van der Waals surface area contributed by atoms with Gasteiger partial charge in [-0.25, -0.2) is 4.79 Å². The van der Waals surface area contributed by atoms with Crippen molar-refractivity contribution < 1.29 is 24.5 Å². The quantitative estimate of drug-likeness (QED) is 0.544. The van der Waals surface area contributed by atoms with E-state index >= 15 is 0 Å². The molecule has 2 amide bonds. The molecule has 3 heterocycles. The minimum atomic E-state index is -0.802. The van der Waals surface area contributed by atoms with Crippen LogP contribution in [0.4, 0.5) is 10.5 Å². The zero-order valence-corrected chi connectivity index (χ0v) is 15.7. The molecule has 2 fully saturated rings. The van der Waals surface area contributed by atoms with Crippen LogP contribution in [0.2, 0.25) is 0 Å². The second kappa shape index (κ2) is 9.12. The number of rotatable bonds is 7. The molecule has 0 unspecified atom stereocenters. The summed E-state index contributed by atoms with van der Waals surface area (Å²) in [4.78, 5) is 14.3. The van der Waals surface area contributed by atoms with Crippen LogP contribution in [0.5, 0.6) is 0 Å². The number of urea groups is 1. The van der Waals surface area contributed by atoms with E-state index in [1.165, 1.54) is 11.3 Å². The number of nitrogens with one attached hydrogen (secondary N) is 2. The van der Waals surface area contributed by atoms with E-state index in [1.54, 1.807) is 7.11 Å². The highest BCUT2D eigenvalue weighted by Crippen LogP contribution is 2.31. The lowest BCUT2D eigenvalue weighted by Gasteiger charge is -2.34. The fourth-order valence-corrected chi connectivity index (χ4v) is 4.47. The summed E-state index contributed by atoms with van der Waals surface area (Å²) in [6.45, 7) is 1.43. The van der Waals surface area contributed by atoms with E-state index in [-0.39, 0.29) is 31.3 Å². The van der Waals surface area contributed by atoms with E-state index in [9.17, 15) is 15.0 Å². The number of carbonyl (C=O) groups is 1. The summed E-state index contributed by atoms with van der Waals surface area (Å²) in [5.74, 6) is 0. The molecule has 146 valence electrons. The number of amides is 2. The van der Waals surface area contributed by atoms with Crippen molar-refractivity contribution in [2.24, 2.45) is 0 Å². The Kier molecular flexibility index (Phi) is 6.85. The summed E-state index contributed by atoms with van der Waals surface area (Å²) in [5, 5.41) is 29.4. The molecular weight excluding hydrogens is 358 g/mol. The number of anilines is 1. The molecular formula is C17H27N3O5S. The number of carbonyl (C=O) groups excluding carboxylic acids is 1. The van der Waals surface area contributed by atoms with Crippen LogP contribution in [0.1, 0.15) is 12.8 Å². The van der Waals surface area contributed by atoms with E-state index in [0.717, 1.165) is 25.1 Å². The molecule has 0 radical (unpaired) electrons. The highest BCUT2D eigenvalue weighted by molar-refractivity contribution is 7.08. The Morgan fingerprint density at radius 1 is 1.50 bits per heavy atom. The average molecular weight is 385 g/mol. The van der Waals surface area contributed by atoms with Crippen LogP contribution < -0.4 is 10.6 Å². The number of likely N-dealkylation sites (tertiary alicyclic amines) is 1. The summed E-state index contributed by atoms with van der Waals surface area (Å²) in [5.41, 5.74) is 0.740. The van der Waals surface area contributed by atoms with Crippen molar-refractivity contribution in [1.82, 2.24) is 10.2 Å². The predicted molar refractivity (Wildman–Crippen MR) is 98.5 cm³/mol. The number of methoxy groups -OCH3 is 1. The number of nitrogens with zero attached hydrogens (tertiary/aromatic N) is 1. The van der Waals surface area contributed by atoms with Gasteiger partial charge in [-0.2, -0.15) is 11.3 Å². The molecule has 0 bridgehead atoms. The lowest BCUT2D eigenvalue weighted by molar-refractivity contribution is -0.0205. The van der Waals surface area contributed by atoms with Crippen molar-refractivity contribution in [1.29, 1.82) is 0 Å². The van der Waals surface area contributed by atoms with Crippen LogP contribution >= 0.6 is 11.3 Å². The molecule has 9 heteroatoms. The third-order valence-electron chi connectivity index (χ3n) is 5.05. The van der Waals surface area contributed by atoms with Gasteiger partial charge >= 0.3 is 6.03 Å². The van der Waals surface area contributed by atoms with Gasteiger partial charge in [0.05, 0.1) is 31.0 Å². The fourth-order valence-electron chi connectivity index (χ4n) is 3.88. The van der Waals surface area contributed by atoms with Gasteiger partial charge in [0.2, 0.25) is 0 Å². The Labute approximate surface area is 157 Å². The van der Waals surface area contributed by atoms with Crippen LogP contribution in [-0.4, -0.2) is 85.0 Å². The predicted octanol–water partition coefficient (Wildman–Crippen LogP) is 0.470. The Balaban J connectivity index is 1.62. The number of aliphatic hydroxyl groups excluding tert-OH is 2. The lowest BCUT2D eigenvalue weighted by Crippen LogP contribution is -2.53. The topological polar surface area (TPSA) is 103 Å². The molecule has 2 aliphatic heterocycles. The van der Waals surface area contributed by atoms with Gasteiger partial charge in [0.1, 0.15) is 12.2 Å². The molecule has 5 atom stereocenters. The molecule has 0 spiro atoms. The highest BCUT2D eigenvalue weighted by Gasteiger charge is 2.48. The lowest BCUT2D eigenvalue weighted by atomic mass is 10.0. The van der Waals surface area contributed by atoms with Crippen molar-refractivity contribution in [2.45, 2.75) is 43.2 Å². The van der Waals surface area contributed by atoms with Crippen LogP contribution in [0, 0.1) is 0 Å². The maximum absolute atomic E-state index is 12.1. The van der Waals surface area contributed by atoms with E-state index in [4.69, 9.17) is 9.47 Å². The summed E-state index contributed by atoms with van der Waals surface area (Å²) < 4.78 is 11.1. The standard InChI is InChI=1S/C17H27N3O5S/c1-24-9-12-3-2-5-20(12)15-13(25-14(8-21)16(15)22)7-18-17(23)19-11-4-6-26-10-11/h4,6,10,12-16,21-22H,2-3,5,7-9H2,1H3,(H2,18,19,23)/t12-,13-,14+,15+,16-/m1/s1. The van der Waals surface area contributed by atoms with Gasteiger partial charge in [-0.05, 0) is 30.8 Å². The van der Waals surface area contributed by atoms with Crippen molar-refractivity contribution in [2.75, 3.05) is 38.7 Å². The second-order valence-corrected chi connectivity index (χ2v) is 7.49. The maximum Gasteiger partial charge on any atom is 0.319 e. The van der Waals surface area contributed by atoms with Crippen molar-refractivity contribution in [3.63, 3.8) is 0 Å². The molecule has 0 aromatic carbocycles. The first kappa shape index (κ1) is 19.5. The second-order valence-electron chi connectivity index (χ2n) is 6.71. The van der Waals surface area contributed by atoms with Crippen LogP contribution in [-0.2, 0) is 9.47 Å². The normalized spacial score (nSPS) is 32.0. The van der Waals surface area contributed by atoms with E-state index in [0.29, 0.717) is 6.61 Å². The maximum atomic E-state index is 12.1. The Morgan fingerprint density at radius 2 is 2.35 bits per heavy atom. The summed E-state index contributed by atoms with van der Waals surface area (Å²) in [7, 11) is 1.67. The summed E-state index contributed by atoms with van der Waals surface area (Å²) >= 11 is 1.50.